The van der Waals surface area contributed by atoms with E-state index in [1.807, 2.05) is 12.1 Å². The summed E-state index contributed by atoms with van der Waals surface area (Å²) in [5, 5.41) is 38.8. The van der Waals surface area contributed by atoms with E-state index < -0.39 is 57.7 Å². The van der Waals surface area contributed by atoms with Gasteiger partial charge in [-0.3, -0.25) is 0 Å². The molecule has 4 aliphatic carbocycles. The Bertz CT molecular complexity index is 1830. The lowest BCUT2D eigenvalue weighted by molar-refractivity contribution is -0.324. The van der Waals surface area contributed by atoms with Gasteiger partial charge in [-0.25, -0.2) is 14.4 Å². The quantitative estimate of drug-likeness (QED) is 0.150. The second kappa shape index (κ2) is 12.7. The molecule has 3 saturated carbocycles. The van der Waals surface area contributed by atoms with Crippen LogP contribution in [-0.4, -0.2) is 68.3 Å². The number of carbonyl (C=O) groups is 3. The van der Waals surface area contributed by atoms with Gasteiger partial charge in [0.15, 0.2) is 0 Å². The fourth-order valence-electron chi connectivity index (χ4n) is 10.0. The van der Waals surface area contributed by atoms with Gasteiger partial charge in [-0.15, -0.1) is 0 Å². The van der Waals surface area contributed by atoms with Crippen molar-refractivity contribution in [2.75, 3.05) is 0 Å². The molecule has 0 bridgehead atoms. The van der Waals surface area contributed by atoms with Gasteiger partial charge < -0.3 is 29.5 Å². The highest BCUT2D eigenvalue weighted by atomic mass is 16.6. The molecule has 0 aromatic heterocycles. The molecule has 0 saturated heterocycles. The minimum atomic E-state index is -1.95. The van der Waals surface area contributed by atoms with E-state index in [9.17, 15) is 29.7 Å². The van der Waals surface area contributed by atoms with Crippen LogP contribution in [0.3, 0.4) is 0 Å². The summed E-state index contributed by atoms with van der Waals surface area (Å²) in [7, 11) is 0. The highest BCUT2D eigenvalue weighted by Gasteiger charge is 2.81. The van der Waals surface area contributed by atoms with Crippen LogP contribution >= 0.6 is 0 Å². The number of rotatable bonds is 7. The summed E-state index contributed by atoms with van der Waals surface area (Å²) in [4.78, 5) is 39.9. The third-order valence-electron chi connectivity index (χ3n) is 13.1. The summed E-state index contributed by atoms with van der Waals surface area (Å²) in [5.41, 5.74) is -5.73. The molecule has 7 rings (SSSR count). The van der Waals surface area contributed by atoms with Gasteiger partial charge in [-0.05, 0) is 87.3 Å². The van der Waals surface area contributed by atoms with Crippen molar-refractivity contribution >= 4 is 17.9 Å². The molecule has 0 heterocycles. The van der Waals surface area contributed by atoms with E-state index >= 15 is 0 Å². The van der Waals surface area contributed by atoms with Crippen LogP contribution in [0.5, 0.6) is 0 Å². The van der Waals surface area contributed by atoms with Crippen LogP contribution < -0.4 is 0 Å². The summed E-state index contributed by atoms with van der Waals surface area (Å²) >= 11 is 0. The van der Waals surface area contributed by atoms with Gasteiger partial charge >= 0.3 is 17.9 Å². The van der Waals surface area contributed by atoms with Crippen molar-refractivity contribution in [3.8, 4) is 0 Å². The topological polar surface area (TPSA) is 140 Å². The molecule has 9 heteroatoms. The van der Waals surface area contributed by atoms with Gasteiger partial charge in [-0.2, -0.15) is 0 Å². The Morgan fingerprint density at radius 3 is 1.82 bits per heavy atom. The lowest BCUT2D eigenvalue weighted by Crippen LogP contribution is -2.78. The van der Waals surface area contributed by atoms with Crippen molar-refractivity contribution in [3.05, 3.63) is 119 Å². The number of ether oxygens (including phenoxy) is 3. The average Bonchev–Trinajstić information content (AvgIpc) is 3.38. The zero-order valence-electron chi connectivity index (χ0n) is 29.3. The third kappa shape index (κ3) is 5.35. The molecule has 3 fully saturated rings. The standard InChI is InChI=1S/C42H46O9/c1-27(49-35(43)28-13-7-4-8-14-28)40(46)23-24-42(48)39(40,3)34(51-37(45)30-17-11-6-12-18-30)26-33-38(2)21-20-32(25-31(38)19-22-41(33,42)47)50-36(44)29-15-9-5-10-16-29/h4-19,27,32-34,46-48H,20-26H2,1-3H3. The molecule has 51 heavy (non-hydrogen) atoms. The van der Waals surface area contributed by atoms with Gasteiger partial charge in [0.2, 0.25) is 0 Å². The first-order valence-corrected chi connectivity index (χ1v) is 17.9. The molecule has 0 aliphatic heterocycles. The van der Waals surface area contributed by atoms with E-state index in [1.165, 1.54) is 0 Å². The van der Waals surface area contributed by atoms with Gasteiger partial charge in [0.05, 0.1) is 22.1 Å². The monoisotopic (exact) mass is 694 g/mol. The highest BCUT2D eigenvalue weighted by molar-refractivity contribution is 5.90. The Labute approximate surface area is 298 Å². The maximum Gasteiger partial charge on any atom is 0.338 e. The maximum absolute atomic E-state index is 13.8. The van der Waals surface area contributed by atoms with Crippen molar-refractivity contribution in [2.24, 2.45) is 16.7 Å². The minimum Gasteiger partial charge on any atom is -0.458 e. The number of aliphatic hydroxyl groups is 3. The van der Waals surface area contributed by atoms with E-state index in [-0.39, 0.29) is 37.8 Å². The fraction of sp³-hybridized carbons (Fsp3) is 0.452. The van der Waals surface area contributed by atoms with Gasteiger partial charge in [0.1, 0.15) is 35.1 Å². The highest BCUT2D eigenvalue weighted by Crippen LogP contribution is 2.71. The Hall–Kier alpha value is -4.31. The van der Waals surface area contributed by atoms with Gasteiger partial charge in [-0.1, -0.05) is 80.1 Å². The second-order valence-corrected chi connectivity index (χ2v) is 15.4. The number of benzene rings is 3. The summed E-state index contributed by atoms with van der Waals surface area (Å²) in [6.07, 6.45) is 1.16. The molecule has 4 aliphatic rings. The third-order valence-corrected chi connectivity index (χ3v) is 13.1. The summed E-state index contributed by atoms with van der Waals surface area (Å²) in [5.74, 6) is -2.22. The lowest BCUT2D eigenvalue weighted by atomic mass is 9.42. The Kier molecular flexibility index (Phi) is 8.76. The summed E-state index contributed by atoms with van der Waals surface area (Å²) < 4.78 is 18.2. The normalized spacial score (nSPS) is 36.0. The van der Waals surface area contributed by atoms with Crippen LogP contribution in [0.25, 0.3) is 0 Å². The lowest BCUT2D eigenvalue weighted by Gasteiger charge is -2.67. The van der Waals surface area contributed by atoms with Crippen LogP contribution in [-0.2, 0) is 14.2 Å². The average molecular weight is 695 g/mol. The van der Waals surface area contributed by atoms with Crippen molar-refractivity contribution in [1.29, 1.82) is 0 Å². The zero-order valence-corrected chi connectivity index (χ0v) is 29.3. The number of fused-ring (bicyclic) bond motifs is 5. The predicted octanol–water partition coefficient (Wildman–Crippen LogP) is 6.22. The first-order chi connectivity index (χ1) is 24.3. The Morgan fingerprint density at radius 2 is 1.25 bits per heavy atom. The van der Waals surface area contributed by atoms with Crippen LogP contribution in [0.2, 0.25) is 0 Å². The Morgan fingerprint density at radius 1 is 0.725 bits per heavy atom. The molecule has 3 aromatic carbocycles. The molecule has 3 N–H and O–H groups in total. The molecule has 0 amide bonds. The summed E-state index contributed by atoms with van der Waals surface area (Å²) in [6, 6.07) is 25.9. The second-order valence-electron chi connectivity index (χ2n) is 15.4. The first kappa shape index (κ1) is 35.1. The smallest absolute Gasteiger partial charge is 0.338 e. The maximum atomic E-state index is 13.8. The van der Waals surface area contributed by atoms with Crippen molar-refractivity contribution < 1.29 is 43.9 Å². The van der Waals surface area contributed by atoms with Crippen molar-refractivity contribution in [2.45, 2.75) is 101 Å². The summed E-state index contributed by atoms with van der Waals surface area (Å²) in [6.45, 7) is 5.31. The van der Waals surface area contributed by atoms with Crippen LogP contribution in [0.4, 0.5) is 0 Å². The molecule has 3 aromatic rings. The number of esters is 3. The SMILES string of the molecule is CC(OC(=O)c1ccccc1)C1(O)CCC2(O)C3(O)CC=C4CC(OC(=O)c5ccccc5)CCC4(C)C3CC(OC(=O)c3ccccc3)C12C. The van der Waals surface area contributed by atoms with E-state index in [0.717, 1.165) is 5.57 Å². The van der Waals surface area contributed by atoms with Crippen LogP contribution in [0.15, 0.2) is 103 Å². The molecular formula is C42H46O9. The van der Waals surface area contributed by atoms with E-state index in [4.69, 9.17) is 14.2 Å². The van der Waals surface area contributed by atoms with Crippen LogP contribution in [0, 0.1) is 16.7 Å². The first-order valence-electron chi connectivity index (χ1n) is 17.9. The Balaban J connectivity index is 1.24. The van der Waals surface area contributed by atoms with Gasteiger partial charge in [0, 0.05) is 12.3 Å². The molecule has 9 unspecified atom stereocenters. The number of carbonyl (C=O) groups excluding carboxylic acids is 3. The van der Waals surface area contributed by atoms with E-state index in [2.05, 4.69) is 6.92 Å². The van der Waals surface area contributed by atoms with E-state index in [0.29, 0.717) is 36.0 Å². The van der Waals surface area contributed by atoms with Crippen LogP contribution in [0.1, 0.15) is 96.8 Å². The van der Waals surface area contributed by atoms with E-state index in [1.54, 1.807) is 98.8 Å². The van der Waals surface area contributed by atoms with Crippen molar-refractivity contribution in [3.63, 3.8) is 0 Å². The largest absolute Gasteiger partial charge is 0.458 e. The molecule has 0 spiro atoms. The predicted molar refractivity (Wildman–Crippen MR) is 188 cm³/mol. The fourth-order valence-corrected chi connectivity index (χ4v) is 10.0. The number of hydrogen-bond donors (Lipinski definition) is 3. The minimum absolute atomic E-state index is 0.0115. The zero-order chi connectivity index (χ0) is 36.2. The van der Waals surface area contributed by atoms with Crippen molar-refractivity contribution in [1.82, 2.24) is 0 Å². The number of hydrogen-bond acceptors (Lipinski definition) is 9. The van der Waals surface area contributed by atoms with Gasteiger partial charge in [0.25, 0.3) is 0 Å². The molecule has 9 atom stereocenters. The molecule has 9 nitrogen and oxygen atoms in total. The molecule has 268 valence electrons. The molecule has 0 radical (unpaired) electrons. The molecular weight excluding hydrogens is 648 g/mol.